The van der Waals surface area contributed by atoms with E-state index in [2.05, 4.69) is 90.9 Å². The Hall–Kier alpha value is -3.25. The molecule has 2 fully saturated rings. The van der Waals surface area contributed by atoms with Gasteiger partial charge in [0.05, 0.1) is 4.47 Å². The van der Waals surface area contributed by atoms with Crippen LogP contribution in [0.4, 0.5) is 42.1 Å². The van der Waals surface area contributed by atoms with Gasteiger partial charge >= 0.3 is 6.18 Å². The van der Waals surface area contributed by atoms with Crippen molar-refractivity contribution in [2.24, 2.45) is 0 Å². The highest BCUT2D eigenvalue weighted by Crippen LogP contribution is 2.37. The summed E-state index contributed by atoms with van der Waals surface area (Å²) in [5.41, 5.74) is 2.13. The molecule has 2 aromatic heterocycles. The van der Waals surface area contributed by atoms with Crippen molar-refractivity contribution in [3.05, 3.63) is 58.7 Å². The third-order valence-corrected chi connectivity index (χ3v) is 11.2. The van der Waals surface area contributed by atoms with E-state index >= 15 is 0 Å². The smallest absolute Gasteiger partial charge is 0.422 e. The number of fused-ring (bicyclic) bond motifs is 1. The number of ether oxygens (including phenoxy) is 1. The Balaban J connectivity index is 1.26. The van der Waals surface area contributed by atoms with Crippen molar-refractivity contribution in [2.75, 3.05) is 81.8 Å². The van der Waals surface area contributed by atoms with E-state index in [1.807, 2.05) is 25.1 Å². The fraction of sp³-hybridized carbons (Fsp3) is 0.457. The summed E-state index contributed by atoms with van der Waals surface area (Å²) in [5, 5.41) is 10.2. The molecule has 2 aliphatic rings. The molecule has 0 amide bonds. The average Bonchev–Trinajstić information content (AvgIpc) is 3.08. The number of piperazine rings is 1. The fourth-order valence-electron chi connectivity index (χ4n) is 6.64. The number of halogens is 4. The summed E-state index contributed by atoms with van der Waals surface area (Å²) in [6.07, 6.45) is -0.309. The number of aryl methyl sites for hydroxylation is 1. The van der Waals surface area contributed by atoms with Crippen molar-refractivity contribution in [3.8, 4) is 5.88 Å². The second-order valence-corrected chi connectivity index (χ2v) is 15.9. The molecule has 0 spiro atoms. The van der Waals surface area contributed by atoms with E-state index in [0.29, 0.717) is 28.6 Å². The highest BCUT2D eigenvalue weighted by molar-refractivity contribution is 9.10. The zero-order valence-corrected chi connectivity index (χ0v) is 30.8. The molecule has 0 bridgehead atoms. The Morgan fingerprint density at radius 1 is 0.959 bits per heavy atom. The summed E-state index contributed by atoms with van der Waals surface area (Å²) < 4.78 is 46.2. The predicted octanol–water partition coefficient (Wildman–Crippen LogP) is 7.36. The van der Waals surface area contributed by atoms with Crippen LogP contribution in [0.3, 0.4) is 0 Å². The van der Waals surface area contributed by atoms with E-state index in [9.17, 15) is 13.2 Å². The van der Waals surface area contributed by atoms with Crippen LogP contribution in [0, 0.1) is 0 Å². The molecular weight excluding hydrogens is 716 g/mol. The number of pyridine rings is 1. The lowest BCUT2D eigenvalue weighted by Gasteiger charge is -2.42. The van der Waals surface area contributed by atoms with Crippen LogP contribution in [0.15, 0.2) is 53.1 Å². The maximum Gasteiger partial charge on any atom is 0.422 e. The molecule has 2 saturated heterocycles. The van der Waals surface area contributed by atoms with E-state index in [0.717, 1.165) is 68.7 Å². The lowest BCUT2D eigenvalue weighted by atomic mass is 10.0. The molecule has 2 aliphatic heterocycles. The van der Waals surface area contributed by atoms with Crippen LogP contribution in [0.2, 0.25) is 0 Å². The zero-order chi connectivity index (χ0) is 34.7. The average molecular weight is 760 g/mol. The van der Waals surface area contributed by atoms with Gasteiger partial charge in [0, 0.05) is 62.5 Å². The number of alkyl halides is 3. The molecule has 6 rings (SSSR count). The molecule has 262 valence electrons. The quantitative estimate of drug-likeness (QED) is 0.161. The summed E-state index contributed by atoms with van der Waals surface area (Å²) in [4.78, 5) is 21.0. The minimum Gasteiger partial charge on any atom is -0.466 e. The van der Waals surface area contributed by atoms with Gasteiger partial charge in [0.15, 0.2) is 6.61 Å². The number of hydrogen-bond acceptors (Lipinski definition) is 9. The topological polar surface area (TPSA) is 81.7 Å². The van der Waals surface area contributed by atoms with Crippen molar-refractivity contribution in [2.45, 2.75) is 38.4 Å². The molecule has 0 unspecified atom stereocenters. The number of anilines is 5. The SMILES string of the molecule is CCc1cc(Nc2ncc(Br)c(Nc3ccc4ccccc4c3P(C)C)n2)c(OCC(F)(F)F)nc1N1CCC(N2CCN(C)CC2)CC1. The highest BCUT2D eigenvalue weighted by atomic mass is 79.9. The first-order chi connectivity index (χ1) is 23.5. The van der Waals surface area contributed by atoms with Gasteiger partial charge in [0.1, 0.15) is 17.3 Å². The minimum atomic E-state index is -4.52. The number of piperidine rings is 1. The van der Waals surface area contributed by atoms with Crippen LogP contribution >= 0.6 is 23.9 Å². The van der Waals surface area contributed by atoms with Gasteiger partial charge in [-0.1, -0.05) is 45.2 Å². The lowest BCUT2D eigenvalue weighted by molar-refractivity contribution is -0.153. The normalized spacial score (nSPS) is 16.8. The van der Waals surface area contributed by atoms with Crippen LogP contribution in [0.25, 0.3) is 10.8 Å². The Bertz CT molecular complexity index is 1760. The maximum absolute atomic E-state index is 13.4. The van der Waals surface area contributed by atoms with E-state index < -0.39 is 20.7 Å². The second kappa shape index (κ2) is 15.3. The van der Waals surface area contributed by atoms with Gasteiger partial charge in [-0.3, -0.25) is 4.90 Å². The first-order valence-corrected chi connectivity index (χ1v) is 19.7. The van der Waals surface area contributed by atoms with Gasteiger partial charge in [-0.15, -0.1) is 0 Å². The van der Waals surface area contributed by atoms with Gasteiger partial charge in [-0.2, -0.15) is 23.1 Å². The van der Waals surface area contributed by atoms with Gasteiger partial charge in [0.2, 0.25) is 11.8 Å². The zero-order valence-electron chi connectivity index (χ0n) is 28.3. The summed E-state index contributed by atoms with van der Waals surface area (Å²) >= 11 is 3.57. The molecule has 9 nitrogen and oxygen atoms in total. The van der Waals surface area contributed by atoms with E-state index in [-0.39, 0.29) is 17.5 Å². The Kier molecular flexibility index (Phi) is 11.1. The first-order valence-electron chi connectivity index (χ1n) is 16.7. The third kappa shape index (κ3) is 8.56. The molecule has 0 atom stereocenters. The van der Waals surface area contributed by atoms with Crippen molar-refractivity contribution < 1.29 is 17.9 Å². The van der Waals surface area contributed by atoms with Crippen molar-refractivity contribution in [3.63, 3.8) is 0 Å². The monoisotopic (exact) mass is 758 g/mol. The Morgan fingerprint density at radius 2 is 1.69 bits per heavy atom. The van der Waals surface area contributed by atoms with Gasteiger partial charge in [0.25, 0.3) is 0 Å². The molecule has 4 heterocycles. The van der Waals surface area contributed by atoms with Crippen molar-refractivity contribution >= 4 is 68.9 Å². The molecule has 4 aromatic rings. The first kappa shape index (κ1) is 35.6. The molecule has 49 heavy (non-hydrogen) atoms. The summed E-state index contributed by atoms with van der Waals surface area (Å²) in [6.45, 7) is 10.8. The number of rotatable bonds is 10. The molecule has 0 saturated carbocycles. The van der Waals surface area contributed by atoms with Gasteiger partial charge in [-0.05, 0) is 84.0 Å². The molecular formula is C35H43BrF3N8OP. The lowest BCUT2D eigenvalue weighted by Crippen LogP contribution is -2.52. The summed E-state index contributed by atoms with van der Waals surface area (Å²) in [7, 11) is 1.68. The second-order valence-electron chi connectivity index (χ2n) is 12.9. The molecule has 0 aliphatic carbocycles. The highest BCUT2D eigenvalue weighted by Gasteiger charge is 2.31. The van der Waals surface area contributed by atoms with Crippen LogP contribution in [0.5, 0.6) is 5.88 Å². The van der Waals surface area contributed by atoms with E-state index in [1.54, 1.807) is 6.20 Å². The Morgan fingerprint density at radius 3 is 2.39 bits per heavy atom. The third-order valence-electron chi connectivity index (χ3n) is 9.21. The van der Waals surface area contributed by atoms with Gasteiger partial charge in [-0.25, -0.2) is 4.98 Å². The predicted molar refractivity (Wildman–Crippen MR) is 198 cm³/mol. The van der Waals surface area contributed by atoms with Crippen LogP contribution in [-0.2, 0) is 6.42 Å². The standard InChI is InChI=1S/C35H43BrF3N8OP/c1-5-23-20-29(33(48-22-35(37,38)39)44-32(23)47-14-12-25(13-15-47)46-18-16-45(2)17-19-46)42-34-40-21-27(36)31(43-34)41-28-11-10-24-8-6-7-9-26(24)30(28)49(3)4/h6-11,20-21,25H,5,12-19,22H2,1-4H3,(H2,40,41,42,43). The molecule has 0 radical (unpaired) electrons. The molecule has 2 aromatic carbocycles. The molecule has 2 N–H and O–H groups in total. The summed E-state index contributed by atoms with van der Waals surface area (Å²) in [5.74, 6) is 1.25. The fourth-order valence-corrected chi connectivity index (χ4v) is 8.23. The maximum atomic E-state index is 13.4. The van der Waals surface area contributed by atoms with Gasteiger partial charge < -0.3 is 25.2 Å². The van der Waals surface area contributed by atoms with Crippen LogP contribution in [0.1, 0.15) is 25.3 Å². The summed E-state index contributed by atoms with van der Waals surface area (Å²) in [6, 6.07) is 14.7. The number of hydrogen-bond donors (Lipinski definition) is 2. The van der Waals surface area contributed by atoms with E-state index in [1.165, 1.54) is 10.7 Å². The van der Waals surface area contributed by atoms with Crippen LogP contribution < -0.4 is 25.6 Å². The number of likely N-dealkylation sites (N-methyl/N-ethyl adjacent to an activating group) is 1. The number of aromatic nitrogens is 3. The number of nitrogens with one attached hydrogen (secondary N) is 2. The minimum absolute atomic E-state index is 0.133. The van der Waals surface area contributed by atoms with Crippen LogP contribution in [-0.4, -0.2) is 103 Å². The van der Waals surface area contributed by atoms with Crippen molar-refractivity contribution in [1.29, 1.82) is 0 Å². The van der Waals surface area contributed by atoms with Crippen molar-refractivity contribution in [1.82, 2.24) is 24.8 Å². The number of benzene rings is 2. The van der Waals surface area contributed by atoms with E-state index in [4.69, 9.17) is 14.7 Å². The largest absolute Gasteiger partial charge is 0.466 e. The Labute approximate surface area is 295 Å². The number of nitrogens with zero attached hydrogens (tertiary/aromatic N) is 6. The molecule has 14 heteroatoms.